The minimum atomic E-state index is 0.506. The van der Waals surface area contributed by atoms with Crippen LogP contribution in [-0.4, -0.2) is 23.8 Å². The van der Waals surface area contributed by atoms with E-state index in [0.29, 0.717) is 12.1 Å². The highest BCUT2D eigenvalue weighted by atomic mass is 15.1. The average Bonchev–Trinajstić information content (AvgIpc) is 3.23. The highest BCUT2D eigenvalue weighted by molar-refractivity contribution is 6.25. The minimum Gasteiger partial charge on any atom is -0.324 e. The predicted molar refractivity (Wildman–Crippen MR) is 87.2 cm³/mol. The van der Waals surface area contributed by atoms with Gasteiger partial charge < -0.3 is 5.32 Å². The van der Waals surface area contributed by atoms with Crippen molar-refractivity contribution in [3.63, 3.8) is 0 Å². The van der Waals surface area contributed by atoms with Crippen molar-refractivity contribution >= 4 is 11.7 Å². The SMILES string of the molecule is c1ccc2c(c1)C(=NC1CCCC1)NC2=NC1CCCC1. The van der Waals surface area contributed by atoms with Gasteiger partial charge in [-0.25, -0.2) is 0 Å². The van der Waals surface area contributed by atoms with E-state index in [4.69, 9.17) is 9.98 Å². The minimum absolute atomic E-state index is 0.506. The van der Waals surface area contributed by atoms with E-state index in [1.165, 1.54) is 62.5 Å². The monoisotopic (exact) mass is 281 g/mol. The first-order chi connectivity index (χ1) is 10.4. The summed E-state index contributed by atoms with van der Waals surface area (Å²) in [6.07, 6.45) is 10.3. The zero-order valence-electron chi connectivity index (χ0n) is 12.5. The molecule has 2 aliphatic carbocycles. The predicted octanol–water partition coefficient (Wildman–Crippen LogP) is 3.67. The van der Waals surface area contributed by atoms with Crippen LogP contribution in [0.15, 0.2) is 34.3 Å². The summed E-state index contributed by atoms with van der Waals surface area (Å²) in [5.41, 5.74) is 2.47. The molecule has 110 valence electrons. The Hall–Kier alpha value is -1.64. The molecule has 1 heterocycles. The van der Waals surface area contributed by atoms with Gasteiger partial charge >= 0.3 is 0 Å². The number of rotatable bonds is 2. The fourth-order valence-electron chi connectivity index (χ4n) is 3.78. The fourth-order valence-corrected chi connectivity index (χ4v) is 3.78. The first kappa shape index (κ1) is 13.1. The molecule has 0 radical (unpaired) electrons. The topological polar surface area (TPSA) is 36.8 Å². The molecule has 21 heavy (non-hydrogen) atoms. The van der Waals surface area contributed by atoms with Crippen molar-refractivity contribution in [3.8, 4) is 0 Å². The van der Waals surface area contributed by atoms with Crippen LogP contribution in [0.2, 0.25) is 0 Å². The fraction of sp³-hybridized carbons (Fsp3) is 0.556. The van der Waals surface area contributed by atoms with E-state index in [1.54, 1.807) is 0 Å². The lowest BCUT2D eigenvalue weighted by Gasteiger charge is -2.07. The second-order valence-electron chi connectivity index (χ2n) is 6.50. The molecule has 1 aliphatic heterocycles. The molecule has 1 aromatic rings. The molecule has 3 heteroatoms. The van der Waals surface area contributed by atoms with E-state index in [2.05, 4.69) is 29.6 Å². The van der Waals surface area contributed by atoms with Crippen molar-refractivity contribution in [1.29, 1.82) is 0 Å². The normalized spacial score (nSPS) is 26.7. The Morgan fingerprint density at radius 2 is 1.14 bits per heavy atom. The Morgan fingerprint density at radius 1 is 0.714 bits per heavy atom. The molecule has 3 aliphatic rings. The number of hydrogen-bond acceptors (Lipinski definition) is 2. The maximum Gasteiger partial charge on any atom is 0.134 e. The number of nitrogens with one attached hydrogen (secondary N) is 1. The van der Waals surface area contributed by atoms with Crippen LogP contribution in [0.3, 0.4) is 0 Å². The molecule has 0 unspecified atom stereocenters. The lowest BCUT2D eigenvalue weighted by Crippen LogP contribution is -2.25. The number of nitrogens with zero attached hydrogens (tertiary/aromatic N) is 2. The van der Waals surface area contributed by atoms with E-state index in [-0.39, 0.29) is 0 Å². The Kier molecular flexibility index (Phi) is 3.50. The molecular weight excluding hydrogens is 258 g/mol. The third-order valence-electron chi connectivity index (χ3n) is 4.95. The Labute approximate surface area is 126 Å². The van der Waals surface area contributed by atoms with Crippen LogP contribution in [0.4, 0.5) is 0 Å². The summed E-state index contributed by atoms with van der Waals surface area (Å²) in [6, 6.07) is 9.56. The third kappa shape index (κ3) is 2.61. The molecular formula is C18H23N3. The van der Waals surface area contributed by atoms with Crippen molar-refractivity contribution in [1.82, 2.24) is 5.32 Å². The highest BCUT2D eigenvalue weighted by Gasteiger charge is 2.26. The van der Waals surface area contributed by atoms with E-state index in [0.717, 1.165) is 11.7 Å². The van der Waals surface area contributed by atoms with Gasteiger partial charge in [0.15, 0.2) is 0 Å². The van der Waals surface area contributed by atoms with Gasteiger partial charge in [0.25, 0.3) is 0 Å². The molecule has 0 saturated heterocycles. The van der Waals surface area contributed by atoms with E-state index >= 15 is 0 Å². The number of benzene rings is 1. The standard InChI is InChI=1S/C18H23N3/c1-2-8-13(7-1)19-17-15-11-5-6-12-16(15)18(21-17)20-14-9-3-4-10-14/h5-6,11-14H,1-4,7-10H2,(H,19,20,21). The van der Waals surface area contributed by atoms with Crippen molar-refractivity contribution < 1.29 is 0 Å². The van der Waals surface area contributed by atoms with Gasteiger partial charge in [0.1, 0.15) is 11.7 Å². The third-order valence-corrected chi connectivity index (χ3v) is 4.95. The molecule has 2 saturated carbocycles. The van der Waals surface area contributed by atoms with Crippen LogP contribution < -0.4 is 5.32 Å². The van der Waals surface area contributed by atoms with Gasteiger partial charge in [-0.1, -0.05) is 49.9 Å². The molecule has 4 rings (SSSR count). The molecule has 3 nitrogen and oxygen atoms in total. The summed E-state index contributed by atoms with van der Waals surface area (Å²) in [7, 11) is 0. The number of amidine groups is 2. The van der Waals surface area contributed by atoms with Crippen LogP contribution in [0, 0.1) is 0 Å². The van der Waals surface area contributed by atoms with Gasteiger partial charge in [-0.3, -0.25) is 9.98 Å². The number of aliphatic imine (C=N–C) groups is 2. The summed E-state index contributed by atoms with van der Waals surface area (Å²) in [5, 5.41) is 3.51. The number of hydrogen-bond donors (Lipinski definition) is 1. The second-order valence-corrected chi connectivity index (χ2v) is 6.50. The molecule has 0 aromatic heterocycles. The summed E-state index contributed by atoms with van der Waals surface area (Å²) in [4.78, 5) is 9.93. The van der Waals surface area contributed by atoms with Gasteiger partial charge in [0.2, 0.25) is 0 Å². The zero-order valence-corrected chi connectivity index (χ0v) is 12.5. The highest BCUT2D eigenvalue weighted by Crippen LogP contribution is 2.26. The first-order valence-electron chi connectivity index (χ1n) is 8.42. The first-order valence-corrected chi connectivity index (χ1v) is 8.42. The smallest absolute Gasteiger partial charge is 0.134 e. The second kappa shape index (κ2) is 5.63. The van der Waals surface area contributed by atoms with Crippen molar-refractivity contribution in [2.75, 3.05) is 0 Å². The summed E-state index contributed by atoms with van der Waals surface area (Å²) >= 11 is 0. The Bertz CT molecular complexity index is 525. The largest absolute Gasteiger partial charge is 0.324 e. The molecule has 0 bridgehead atoms. The van der Waals surface area contributed by atoms with Crippen molar-refractivity contribution in [2.24, 2.45) is 9.98 Å². The summed E-state index contributed by atoms with van der Waals surface area (Å²) < 4.78 is 0. The van der Waals surface area contributed by atoms with Gasteiger partial charge in [0.05, 0.1) is 12.1 Å². The van der Waals surface area contributed by atoms with Crippen LogP contribution in [0.25, 0.3) is 0 Å². The molecule has 1 aromatic carbocycles. The van der Waals surface area contributed by atoms with E-state index in [1.807, 2.05) is 0 Å². The van der Waals surface area contributed by atoms with Crippen molar-refractivity contribution in [2.45, 2.75) is 63.5 Å². The Morgan fingerprint density at radius 3 is 1.57 bits per heavy atom. The van der Waals surface area contributed by atoms with Crippen LogP contribution >= 0.6 is 0 Å². The zero-order chi connectivity index (χ0) is 14.1. The quantitative estimate of drug-likeness (QED) is 0.882. The Balaban J connectivity index is 1.66. The molecule has 0 amide bonds. The molecule has 1 N–H and O–H groups in total. The van der Waals surface area contributed by atoms with E-state index < -0.39 is 0 Å². The van der Waals surface area contributed by atoms with Gasteiger partial charge in [-0.05, 0) is 25.7 Å². The lowest BCUT2D eigenvalue weighted by atomic mass is 10.1. The van der Waals surface area contributed by atoms with E-state index in [9.17, 15) is 0 Å². The molecule has 0 spiro atoms. The van der Waals surface area contributed by atoms with Crippen LogP contribution in [-0.2, 0) is 0 Å². The molecule has 0 atom stereocenters. The maximum absolute atomic E-state index is 4.97. The van der Waals surface area contributed by atoms with Crippen molar-refractivity contribution in [3.05, 3.63) is 35.4 Å². The van der Waals surface area contributed by atoms with Gasteiger partial charge in [-0.15, -0.1) is 0 Å². The van der Waals surface area contributed by atoms with Crippen LogP contribution in [0.5, 0.6) is 0 Å². The number of fused-ring (bicyclic) bond motifs is 1. The average molecular weight is 281 g/mol. The summed E-state index contributed by atoms with van der Waals surface area (Å²) in [6.45, 7) is 0. The maximum atomic E-state index is 4.97. The lowest BCUT2D eigenvalue weighted by molar-refractivity contribution is 0.701. The summed E-state index contributed by atoms with van der Waals surface area (Å²) in [5.74, 6) is 2.10. The van der Waals surface area contributed by atoms with Gasteiger partial charge in [-0.2, -0.15) is 0 Å². The van der Waals surface area contributed by atoms with Gasteiger partial charge in [0, 0.05) is 11.1 Å². The van der Waals surface area contributed by atoms with Crippen LogP contribution in [0.1, 0.15) is 62.5 Å². The molecule has 2 fully saturated rings.